The van der Waals surface area contributed by atoms with E-state index in [4.69, 9.17) is 11.6 Å². The number of amides is 1. The molecule has 7 heteroatoms. The first kappa shape index (κ1) is 18.9. The van der Waals surface area contributed by atoms with Gasteiger partial charge in [0.05, 0.1) is 4.90 Å². The minimum atomic E-state index is -3.57. The molecule has 6 rings (SSSR count). The summed E-state index contributed by atoms with van der Waals surface area (Å²) in [7, 11) is -3.57. The van der Waals surface area contributed by atoms with Gasteiger partial charge in [0.2, 0.25) is 15.9 Å². The lowest BCUT2D eigenvalue weighted by Crippen LogP contribution is -2.58. The first-order chi connectivity index (χ1) is 13.4. The summed E-state index contributed by atoms with van der Waals surface area (Å²) < 4.78 is 27.3. The molecule has 4 bridgehead atoms. The molecular formula is C21H27ClN2O3S. The summed E-state index contributed by atoms with van der Waals surface area (Å²) >= 11 is 5.97. The molecule has 1 heterocycles. The van der Waals surface area contributed by atoms with Gasteiger partial charge in [-0.1, -0.05) is 17.7 Å². The van der Waals surface area contributed by atoms with Crippen LogP contribution in [0.5, 0.6) is 0 Å². The monoisotopic (exact) mass is 422 g/mol. The predicted octanol–water partition coefficient (Wildman–Crippen LogP) is 3.44. The van der Waals surface area contributed by atoms with Crippen molar-refractivity contribution < 1.29 is 13.2 Å². The smallest absolute Gasteiger partial charge is 0.243 e. The van der Waals surface area contributed by atoms with Crippen LogP contribution in [0.4, 0.5) is 0 Å². The van der Waals surface area contributed by atoms with E-state index in [1.807, 2.05) is 0 Å². The van der Waals surface area contributed by atoms with Crippen molar-refractivity contribution in [1.82, 2.24) is 9.62 Å². The highest BCUT2D eigenvalue weighted by molar-refractivity contribution is 7.89. The minimum Gasteiger partial charge on any atom is -0.354 e. The van der Waals surface area contributed by atoms with Crippen LogP contribution in [-0.4, -0.2) is 37.8 Å². The van der Waals surface area contributed by atoms with Crippen molar-refractivity contribution >= 4 is 27.5 Å². The molecule has 1 saturated heterocycles. The van der Waals surface area contributed by atoms with Crippen LogP contribution in [0.2, 0.25) is 5.02 Å². The van der Waals surface area contributed by atoms with Crippen LogP contribution >= 0.6 is 11.6 Å². The molecule has 5 aliphatic rings. The van der Waals surface area contributed by atoms with Crippen LogP contribution in [-0.2, 0) is 14.8 Å². The minimum absolute atomic E-state index is 0.165. The largest absolute Gasteiger partial charge is 0.354 e. The maximum Gasteiger partial charge on any atom is 0.243 e. The fourth-order valence-electron chi connectivity index (χ4n) is 6.49. The maximum atomic E-state index is 13.1. The summed E-state index contributed by atoms with van der Waals surface area (Å²) in [6, 6.07) is 6.21. The van der Waals surface area contributed by atoms with Gasteiger partial charge in [0.25, 0.3) is 0 Å². The van der Waals surface area contributed by atoms with Gasteiger partial charge in [0.15, 0.2) is 0 Å². The standard InChI is InChI=1S/C21H27ClN2O3S/c22-17-2-1-3-19(9-17)28(26,27)24-5-4-18(24)13-23-20(25)21-10-14-6-15(11-21)8-16(7-14)12-21/h1-3,9,14-16,18H,4-8,10-13H2,(H,23,25). The van der Waals surface area contributed by atoms with Gasteiger partial charge in [-0.3, -0.25) is 4.79 Å². The highest BCUT2D eigenvalue weighted by Gasteiger charge is 2.54. The van der Waals surface area contributed by atoms with Gasteiger partial charge < -0.3 is 5.32 Å². The molecule has 5 fully saturated rings. The second kappa shape index (κ2) is 6.71. The van der Waals surface area contributed by atoms with Crippen LogP contribution in [0.1, 0.15) is 44.9 Å². The molecule has 1 N–H and O–H groups in total. The predicted molar refractivity (Wildman–Crippen MR) is 107 cm³/mol. The number of sulfonamides is 1. The van der Waals surface area contributed by atoms with Gasteiger partial charge in [-0.2, -0.15) is 4.31 Å². The number of hydrogen-bond acceptors (Lipinski definition) is 3. The van der Waals surface area contributed by atoms with Crippen molar-refractivity contribution in [2.24, 2.45) is 23.2 Å². The molecule has 1 aliphatic heterocycles. The number of carbonyl (C=O) groups excluding carboxylic acids is 1. The molecule has 28 heavy (non-hydrogen) atoms. The Kier molecular flexibility index (Phi) is 4.53. The number of carbonyl (C=O) groups is 1. The molecule has 1 unspecified atom stereocenters. The lowest BCUT2D eigenvalue weighted by molar-refractivity contribution is -0.146. The second-order valence-electron chi connectivity index (χ2n) is 9.42. The molecule has 1 aromatic rings. The fraction of sp³-hybridized carbons (Fsp3) is 0.667. The highest BCUT2D eigenvalue weighted by atomic mass is 35.5. The van der Waals surface area contributed by atoms with E-state index in [-0.39, 0.29) is 22.3 Å². The number of rotatable bonds is 5. The normalized spacial score (nSPS) is 36.9. The van der Waals surface area contributed by atoms with Crippen molar-refractivity contribution in [1.29, 1.82) is 0 Å². The second-order valence-corrected chi connectivity index (χ2v) is 11.8. The summed E-state index contributed by atoms with van der Waals surface area (Å²) in [6.45, 7) is 0.896. The van der Waals surface area contributed by atoms with Gasteiger partial charge in [0.1, 0.15) is 0 Å². The Balaban J connectivity index is 1.24. The fourth-order valence-corrected chi connectivity index (χ4v) is 8.46. The summed E-state index contributed by atoms with van der Waals surface area (Å²) in [6.07, 6.45) is 7.78. The van der Waals surface area contributed by atoms with E-state index >= 15 is 0 Å². The third-order valence-corrected chi connectivity index (χ3v) is 9.69. The number of halogens is 1. The zero-order valence-corrected chi connectivity index (χ0v) is 17.5. The topological polar surface area (TPSA) is 66.5 Å². The molecule has 5 nitrogen and oxygen atoms in total. The van der Waals surface area contributed by atoms with Gasteiger partial charge in [-0.25, -0.2) is 8.42 Å². The Morgan fingerprint density at radius 3 is 2.32 bits per heavy atom. The van der Waals surface area contributed by atoms with Crippen LogP contribution in [0.25, 0.3) is 0 Å². The van der Waals surface area contributed by atoms with E-state index in [9.17, 15) is 13.2 Å². The molecule has 4 aliphatic carbocycles. The van der Waals surface area contributed by atoms with Gasteiger partial charge in [0, 0.05) is 29.6 Å². The Morgan fingerprint density at radius 2 is 1.79 bits per heavy atom. The van der Waals surface area contributed by atoms with E-state index in [0.717, 1.165) is 43.4 Å². The third kappa shape index (κ3) is 3.08. The zero-order chi connectivity index (χ0) is 19.5. The van der Waals surface area contributed by atoms with E-state index in [1.54, 1.807) is 18.2 Å². The van der Waals surface area contributed by atoms with Gasteiger partial charge in [-0.15, -0.1) is 0 Å². The van der Waals surface area contributed by atoms with Crippen LogP contribution in [0.15, 0.2) is 29.2 Å². The number of benzene rings is 1. The molecule has 0 radical (unpaired) electrons. The number of nitrogens with zero attached hydrogens (tertiary/aromatic N) is 1. The third-order valence-electron chi connectivity index (χ3n) is 7.51. The quantitative estimate of drug-likeness (QED) is 0.790. The van der Waals surface area contributed by atoms with E-state index in [0.29, 0.717) is 18.1 Å². The van der Waals surface area contributed by atoms with E-state index in [1.165, 1.54) is 29.6 Å². The van der Waals surface area contributed by atoms with Crippen molar-refractivity contribution in [2.45, 2.75) is 55.9 Å². The van der Waals surface area contributed by atoms with E-state index in [2.05, 4.69) is 5.32 Å². The first-order valence-corrected chi connectivity index (χ1v) is 12.2. The van der Waals surface area contributed by atoms with Crippen LogP contribution in [0.3, 0.4) is 0 Å². The Bertz CT molecular complexity index is 865. The molecule has 0 spiro atoms. The molecule has 1 aromatic carbocycles. The lowest BCUT2D eigenvalue weighted by atomic mass is 9.49. The Morgan fingerprint density at radius 1 is 1.14 bits per heavy atom. The molecular weight excluding hydrogens is 396 g/mol. The Labute approximate surface area is 171 Å². The molecule has 1 amide bonds. The summed E-state index contributed by atoms with van der Waals surface area (Å²) in [4.78, 5) is 13.3. The average molecular weight is 423 g/mol. The maximum absolute atomic E-state index is 13.1. The van der Waals surface area contributed by atoms with Crippen LogP contribution < -0.4 is 5.32 Å². The lowest BCUT2D eigenvalue weighted by Gasteiger charge is -2.55. The van der Waals surface area contributed by atoms with Crippen molar-refractivity contribution in [3.05, 3.63) is 29.3 Å². The number of nitrogens with one attached hydrogen (secondary N) is 1. The van der Waals surface area contributed by atoms with Crippen molar-refractivity contribution in [3.63, 3.8) is 0 Å². The Hall–Kier alpha value is -1.11. The van der Waals surface area contributed by atoms with Crippen molar-refractivity contribution in [2.75, 3.05) is 13.1 Å². The zero-order valence-electron chi connectivity index (χ0n) is 15.9. The van der Waals surface area contributed by atoms with Crippen LogP contribution in [0, 0.1) is 23.2 Å². The highest BCUT2D eigenvalue weighted by Crippen LogP contribution is 2.60. The SMILES string of the molecule is O=C(NCC1CCN1S(=O)(=O)c1cccc(Cl)c1)C12CC3CC(CC(C3)C1)C2. The average Bonchev–Trinajstić information content (AvgIpc) is 2.59. The molecule has 1 atom stereocenters. The summed E-state index contributed by atoms with van der Waals surface area (Å²) in [5, 5.41) is 3.55. The van der Waals surface area contributed by atoms with Gasteiger partial charge >= 0.3 is 0 Å². The number of hydrogen-bond donors (Lipinski definition) is 1. The van der Waals surface area contributed by atoms with Crippen molar-refractivity contribution in [3.8, 4) is 0 Å². The van der Waals surface area contributed by atoms with E-state index < -0.39 is 10.0 Å². The van der Waals surface area contributed by atoms with Gasteiger partial charge in [-0.05, 0) is 80.9 Å². The molecule has 4 saturated carbocycles. The summed E-state index contributed by atoms with van der Waals surface area (Å²) in [5.74, 6) is 2.33. The molecule has 0 aromatic heterocycles. The first-order valence-electron chi connectivity index (χ1n) is 10.4. The summed E-state index contributed by atoms with van der Waals surface area (Å²) in [5.41, 5.74) is -0.185. The molecule has 152 valence electrons.